The summed E-state index contributed by atoms with van der Waals surface area (Å²) in [7, 11) is 5.77. The van der Waals surface area contributed by atoms with E-state index in [2.05, 4.69) is 0 Å². The minimum atomic E-state index is -1.75. The lowest BCUT2D eigenvalue weighted by molar-refractivity contribution is -0.367. The smallest absolute Gasteiger partial charge is 0.379 e. The Morgan fingerprint density at radius 2 is 1.51 bits per heavy atom. The lowest BCUT2D eigenvalue weighted by Crippen LogP contribution is -2.67. The van der Waals surface area contributed by atoms with E-state index in [0.29, 0.717) is 44.1 Å². The molecule has 23 atom stereocenters. The molecule has 0 amide bonds. The van der Waals surface area contributed by atoms with Gasteiger partial charge < -0.3 is 87.1 Å². The van der Waals surface area contributed by atoms with Crippen LogP contribution in [0.3, 0.4) is 0 Å². The van der Waals surface area contributed by atoms with Crippen molar-refractivity contribution >= 4 is 23.9 Å². The normalized spacial score (nSPS) is 43.8. The van der Waals surface area contributed by atoms with E-state index < -0.39 is 173 Å². The number of carboxylic acids is 1. The molecule has 1 aromatic rings. The minimum Gasteiger partial charge on any atom is -0.505 e. The van der Waals surface area contributed by atoms with Crippen molar-refractivity contribution < 1.29 is 106 Å². The quantitative estimate of drug-likeness (QED) is 0.0803. The van der Waals surface area contributed by atoms with Crippen molar-refractivity contribution in [2.24, 2.45) is 34.5 Å². The molecule has 1 aromatic carbocycles. The van der Waals surface area contributed by atoms with E-state index in [-0.39, 0.29) is 36.1 Å². The number of aliphatic hydroxyl groups excluding tert-OH is 3. The number of ether oxygens (including phenoxy) is 13. The number of rotatable bonds is 14. The third-order valence-corrected chi connectivity index (χ3v) is 19.9. The minimum absolute atomic E-state index is 0.0359. The number of hydrogen-bond acceptors (Lipinski definition) is 21. The molecule has 8 aliphatic rings. The molecular formula is C61H86O22. The third-order valence-electron chi connectivity index (χ3n) is 19.9. The van der Waals surface area contributed by atoms with Crippen LogP contribution in [0.5, 0.6) is 5.75 Å². The highest BCUT2D eigenvalue weighted by atomic mass is 16.8. The van der Waals surface area contributed by atoms with E-state index in [1.807, 2.05) is 19.9 Å². The molecule has 5 heterocycles. The van der Waals surface area contributed by atoms with Crippen molar-refractivity contribution in [3.05, 3.63) is 64.1 Å². The molecule has 0 aromatic heterocycles. The molecule has 14 unspecified atom stereocenters. The van der Waals surface area contributed by atoms with E-state index in [1.165, 1.54) is 28.4 Å². The summed E-state index contributed by atoms with van der Waals surface area (Å²) in [6, 6.07) is 5.09. The first-order valence-corrected chi connectivity index (χ1v) is 29.2. The van der Waals surface area contributed by atoms with Crippen molar-refractivity contribution in [2.45, 2.75) is 223 Å². The highest BCUT2D eigenvalue weighted by molar-refractivity contribution is 5.95. The number of aryl methyl sites for hydroxylation is 1. The summed E-state index contributed by atoms with van der Waals surface area (Å²) in [6.07, 6.45) is -10.3. The first-order chi connectivity index (χ1) is 39.2. The Morgan fingerprint density at radius 3 is 2.16 bits per heavy atom. The maximum absolute atomic E-state index is 15.6. The predicted molar refractivity (Wildman–Crippen MR) is 291 cm³/mol. The lowest BCUT2D eigenvalue weighted by Gasteiger charge is -2.55. The molecule has 462 valence electrons. The number of aliphatic carboxylic acids is 1. The molecule has 9 rings (SSSR count). The summed E-state index contributed by atoms with van der Waals surface area (Å²) in [5, 5.41) is 58.7. The number of allylic oxidation sites excluding steroid dienone is 1. The van der Waals surface area contributed by atoms with Gasteiger partial charge in [-0.2, -0.15) is 0 Å². The van der Waals surface area contributed by atoms with Crippen molar-refractivity contribution in [3.63, 3.8) is 0 Å². The number of aliphatic hydroxyl groups is 4. The van der Waals surface area contributed by atoms with Crippen molar-refractivity contribution in [2.75, 3.05) is 28.4 Å². The summed E-state index contributed by atoms with van der Waals surface area (Å²) in [5.41, 5.74) is -4.29. The fourth-order valence-electron chi connectivity index (χ4n) is 15.5. The van der Waals surface area contributed by atoms with Crippen molar-refractivity contribution in [3.8, 4) is 5.75 Å². The third kappa shape index (κ3) is 11.0. The van der Waals surface area contributed by atoms with E-state index >= 15 is 4.79 Å². The van der Waals surface area contributed by atoms with Gasteiger partial charge >= 0.3 is 23.9 Å². The largest absolute Gasteiger partial charge is 0.505 e. The van der Waals surface area contributed by atoms with Gasteiger partial charge in [0.1, 0.15) is 47.4 Å². The van der Waals surface area contributed by atoms with Crippen molar-refractivity contribution in [1.29, 1.82) is 0 Å². The van der Waals surface area contributed by atoms with E-state index in [1.54, 1.807) is 72.7 Å². The summed E-state index contributed by atoms with van der Waals surface area (Å²) < 4.78 is 81.4. The van der Waals surface area contributed by atoms with Crippen molar-refractivity contribution in [1.82, 2.24) is 0 Å². The topological polar surface area (TPSA) is 289 Å². The average Bonchev–Trinajstić information content (AvgIpc) is 2.24. The van der Waals surface area contributed by atoms with Gasteiger partial charge in [-0.3, -0.25) is 4.79 Å². The van der Waals surface area contributed by atoms with Gasteiger partial charge in [0.2, 0.25) is 0 Å². The van der Waals surface area contributed by atoms with Gasteiger partial charge in [0.05, 0.1) is 49.1 Å². The molecule has 1 saturated carbocycles. The summed E-state index contributed by atoms with van der Waals surface area (Å²) in [4.78, 5) is 56.7. The van der Waals surface area contributed by atoms with Crippen LogP contribution in [0, 0.1) is 41.4 Å². The average molecular weight is 1170 g/mol. The first kappa shape index (κ1) is 63.0. The number of fused-ring (bicyclic) bond motifs is 3. The Kier molecular flexibility index (Phi) is 18.4. The summed E-state index contributed by atoms with van der Waals surface area (Å²) in [5.74, 6) is -7.15. The number of methoxy groups -OCH3 is 4. The second-order valence-electron chi connectivity index (χ2n) is 24.8. The molecule has 22 heteroatoms. The highest BCUT2D eigenvalue weighted by Crippen LogP contribution is 2.60. The molecule has 3 aliphatic carbocycles. The highest BCUT2D eigenvalue weighted by Gasteiger charge is 2.66. The number of hydrogen-bond donors (Lipinski definition) is 5. The van der Waals surface area contributed by atoms with Crippen LogP contribution in [-0.4, -0.2) is 181 Å². The summed E-state index contributed by atoms with van der Waals surface area (Å²) in [6.45, 7) is 15.7. The number of carbonyl (C=O) groups excluding carboxylic acids is 3. The molecule has 0 radical (unpaired) electrons. The zero-order valence-electron chi connectivity index (χ0n) is 49.9. The van der Waals surface area contributed by atoms with Gasteiger partial charge in [-0.25, -0.2) is 14.4 Å². The number of carboxylic acid groups (broad SMARTS) is 1. The Labute approximate surface area is 484 Å². The monoisotopic (exact) mass is 1170 g/mol. The number of carbonyl (C=O) groups is 4. The maximum atomic E-state index is 15.6. The second kappa shape index (κ2) is 24.3. The van der Waals surface area contributed by atoms with Crippen LogP contribution >= 0.6 is 0 Å². The molecule has 3 saturated heterocycles. The molecule has 5 aliphatic heterocycles. The standard InChI is InChI=1S/C61H86O22/c1-14-33-26-61-49(64)48(54(68)83-61)82-57(69)59(8)36(19-15-16-23-58(61,7)27-35(33)52(65)66)29(3)24-34-37(59)21-22-40(78-56-51(74-13)60(9,70)50(73-12)32(6)77-56)46(34)81-55-43(63)47(79-41-25-38(62)44(72-11)30(4)75-41)45(31(5)76-55)80-53(67)42-28(2)18-17-20-39(42)71-10/h17-18,20,24,27,30-34,36-38,40-41,43-47,50-51,55-56,62-64,70H,14-16,19,21-23,25-26H2,1-13H3,(H,65,66)/t30?,31?,32?,33-,34+,36-,37-,38?,40+,41?,43?,44?,45?,46-,47?,50?,51?,55?,56?,58-,59-,60?,61-/m1/s1. The molecule has 4 fully saturated rings. The van der Waals surface area contributed by atoms with Gasteiger partial charge in [-0.1, -0.05) is 56.5 Å². The van der Waals surface area contributed by atoms with Crippen LogP contribution in [0.15, 0.2) is 53.0 Å². The van der Waals surface area contributed by atoms with Gasteiger partial charge in [0, 0.05) is 51.1 Å². The molecule has 2 bridgehead atoms. The van der Waals surface area contributed by atoms with Gasteiger partial charge in [-0.15, -0.1) is 0 Å². The summed E-state index contributed by atoms with van der Waals surface area (Å²) >= 11 is 0. The lowest BCUT2D eigenvalue weighted by atomic mass is 9.52. The van der Waals surface area contributed by atoms with Crippen LogP contribution in [-0.2, 0) is 71.2 Å². The Morgan fingerprint density at radius 1 is 0.807 bits per heavy atom. The zero-order chi connectivity index (χ0) is 60.4. The number of esters is 3. The van der Waals surface area contributed by atoms with Crippen LogP contribution in [0.2, 0.25) is 0 Å². The fraction of sp³-hybridized carbons (Fsp3) is 0.738. The molecule has 22 nitrogen and oxygen atoms in total. The van der Waals surface area contributed by atoms with Gasteiger partial charge in [0.25, 0.3) is 5.76 Å². The van der Waals surface area contributed by atoms with E-state index in [9.17, 15) is 39.9 Å². The SMILES string of the molecule is CC[C@@H]1C[C@@]23OC(=O)C(=C2O)OC(=O)[C@]2(C)[C@H](CCCC[C@]3(C)C=C1C(=O)O)C(C)=C[C@@H]1[C@@H](OC3OC(C)C(OC(=O)c4c(C)cccc4OC)C(OC4CC(O)C(OC)C(C)O4)C3O)[C@@H](OC3OC(C)C(OC)C(C)(O)C3OC)CC[C@H]12. The van der Waals surface area contributed by atoms with Gasteiger partial charge in [-0.05, 0) is 110 Å². The fourth-order valence-corrected chi connectivity index (χ4v) is 15.5. The van der Waals surface area contributed by atoms with Crippen LogP contribution < -0.4 is 4.74 Å². The second-order valence-corrected chi connectivity index (χ2v) is 24.8. The first-order valence-electron chi connectivity index (χ1n) is 29.2. The van der Waals surface area contributed by atoms with Crippen LogP contribution in [0.25, 0.3) is 0 Å². The van der Waals surface area contributed by atoms with E-state index in [4.69, 9.17) is 61.6 Å². The Bertz CT molecular complexity index is 2670. The van der Waals surface area contributed by atoms with Crippen LogP contribution in [0.4, 0.5) is 0 Å². The van der Waals surface area contributed by atoms with E-state index in [0.717, 1.165) is 5.57 Å². The molecule has 5 N–H and O–H groups in total. The molecule has 1 spiro atoms. The molecular weight excluding hydrogens is 1080 g/mol. The van der Waals surface area contributed by atoms with Gasteiger partial charge in [0.15, 0.2) is 36.3 Å². The maximum Gasteiger partial charge on any atom is 0.379 e. The zero-order valence-corrected chi connectivity index (χ0v) is 49.9. The number of benzene rings is 1. The Balaban J connectivity index is 1.11. The predicted octanol–water partition coefficient (Wildman–Crippen LogP) is 6.07. The van der Waals surface area contributed by atoms with Crippen LogP contribution in [0.1, 0.15) is 129 Å². The Hall–Kier alpha value is -4.56. The molecule has 83 heavy (non-hydrogen) atoms.